The van der Waals surface area contributed by atoms with Crippen molar-refractivity contribution in [3.05, 3.63) is 66.4 Å². The number of aromatic amines is 1. The van der Waals surface area contributed by atoms with Crippen molar-refractivity contribution >= 4 is 17.0 Å². The summed E-state index contributed by atoms with van der Waals surface area (Å²) in [6, 6.07) is 15.1. The average molecular weight is 376 g/mol. The highest BCUT2D eigenvalue weighted by Crippen LogP contribution is 2.34. The van der Waals surface area contributed by atoms with Crippen molar-refractivity contribution in [2.24, 2.45) is 5.73 Å². The minimum atomic E-state index is -0.103. The molecule has 0 saturated carbocycles. The first-order chi connectivity index (χ1) is 13.6. The number of nitrogens with zero attached hydrogens (tertiary/aromatic N) is 2. The van der Waals surface area contributed by atoms with E-state index in [1.165, 1.54) is 0 Å². The Bertz CT molecular complexity index is 1030. The summed E-state index contributed by atoms with van der Waals surface area (Å²) in [6.45, 7) is 0.124. The Hall–Kier alpha value is -3.74. The second-order valence-electron chi connectivity index (χ2n) is 6.34. The van der Waals surface area contributed by atoms with Crippen molar-refractivity contribution in [1.29, 1.82) is 0 Å². The zero-order valence-corrected chi connectivity index (χ0v) is 15.6. The molecule has 0 bridgehead atoms. The SMILES string of the molecule is COc1cc(OC)cc(N2CC(=O)C(c3nc(-c4ccccc4)c[nH]3)=C2N)c1. The van der Waals surface area contributed by atoms with Gasteiger partial charge in [-0.3, -0.25) is 4.79 Å². The molecule has 0 unspecified atom stereocenters. The normalized spacial score (nSPS) is 13.9. The van der Waals surface area contributed by atoms with E-state index in [4.69, 9.17) is 15.2 Å². The molecular weight excluding hydrogens is 356 g/mol. The first-order valence-corrected chi connectivity index (χ1v) is 8.75. The molecule has 2 aromatic carbocycles. The summed E-state index contributed by atoms with van der Waals surface area (Å²) in [5.41, 5.74) is 9.16. The Morgan fingerprint density at radius 2 is 1.75 bits per heavy atom. The molecule has 3 aromatic rings. The fourth-order valence-corrected chi connectivity index (χ4v) is 3.22. The van der Waals surface area contributed by atoms with Crippen LogP contribution in [-0.4, -0.2) is 36.5 Å². The topological polar surface area (TPSA) is 93.5 Å². The van der Waals surface area contributed by atoms with E-state index in [-0.39, 0.29) is 12.3 Å². The Morgan fingerprint density at radius 3 is 2.39 bits per heavy atom. The number of ketones is 1. The molecule has 7 nitrogen and oxygen atoms in total. The van der Waals surface area contributed by atoms with Gasteiger partial charge in [0.1, 0.15) is 28.7 Å². The van der Waals surface area contributed by atoms with E-state index < -0.39 is 0 Å². The molecule has 1 aromatic heterocycles. The van der Waals surface area contributed by atoms with Crippen molar-refractivity contribution < 1.29 is 14.3 Å². The molecule has 0 saturated heterocycles. The highest BCUT2D eigenvalue weighted by atomic mass is 16.5. The van der Waals surface area contributed by atoms with Crippen LogP contribution in [0.1, 0.15) is 5.82 Å². The molecule has 0 radical (unpaired) electrons. The van der Waals surface area contributed by atoms with Crippen LogP contribution in [-0.2, 0) is 4.79 Å². The van der Waals surface area contributed by atoms with Crippen molar-refractivity contribution in [3.8, 4) is 22.8 Å². The quantitative estimate of drug-likeness (QED) is 0.711. The number of benzene rings is 2. The molecule has 142 valence electrons. The van der Waals surface area contributed by atoms with Crippen molar-refractivity contribution in [1.82, 2.24) is 9.97 Å². The number of carbonyl (C=O) groups is 1. The van der Waals surface area contributed by atoms with Gasteiger partial charge in [0.25, 0.3) is 0 Å². The lowest BCUT2D eigenvalue weighted by Gasteiger charge is -2.20. The number of aromatic nitrogens is 2. The number of imidazole rings is 1. The van der Waals surface area contributed by atoms with Gasteiger partial charge in [-0.1, -0.05) is 30.3 Å². The summed E-state index contributed by atoms with van der Waals surface area (Å²) < 4.78 is 10.6. The molecule has 2 heterocycles. The standard InChI is InChI=1S/C21H20N4O3/c1-27-15-8-14(9-16(10-15)28-2)25-12-18(26)19(20(25)22)21-23-11-17(24-21)13-6-4-3-5-7-13/h3-11H,12,22H2,1-2H3,(H,23,24). The van der Waals surface area contributed by atoms with Crippen molar-refractivity contribution in [2.75, 3.05) is 25.7 Å². The maximum Gasteiger partial charge on any atom is 0.189 e. The van der Waals surface area contributed by atoms with Crippen LogP contribution in [0.3, 0.4) is 0 Å². The third-order valence-electron chi connectivity index (χ3n) is 4.66. The third kappa shape index (κ3) is 3.07. The number of nitrogens with two attached hydrogens (primary N) is 1. The predicted octanol–water partition coefficient (Wildman–Crippen LogP) is 2.81. The highest BCUT2D eigenvalue weighted by molar-refractivity contribution is 6.25. The van der Waals surface area contributed by atoms with E-state index in [0.29, 0.717) is 34.4 Å². The van der Waals surface area contributed by atoms with Crippen molar-refractivity contribution in [3.63, 3.8) is 0 Å². The minimum Gasteiger partial charge on any atom is -0.497 e. The molecule has 0 atom stereocenters. The van der Waals surface area contributed by atoms with Crippen molar-refractivity contribution in [2.45, 2.75) is 0 Å². The molecule has 0 amide bonds. The Morgan fingerprint density at radius 1 is 1.07 bits per heavy atom. The largest absolute Gasteiger partial charge is 0.497 e. The van der Waals surface area contributed by atoms with Crippen LogP contribution >= 0.6 is 0 Å². The zero-order chi connectivity index (χ0) is 19.7. The molecule has 0 aliphatic carbocycles. The van der Waals surface area contributed by atoms with Gasteiger partial charge in [0.2, 0.25) is 0 Å². The molecule has 0 fully saturated rings. The summed E-state index contributed by atoms with van der Waals surface area (Å²) >= 11 is 0. The number of methoxy groups -OCH3 is 2. The van der Waals surface area contributed by atoms with Crippen LogP contribution < -0.4 is 20.1 Å². The maximum atomic E-state index is 12.7. The number of anilines is 1. The number of hydrogen-bond donors (Lipinski definition) is 2. The lowest BCUT2D eigenvalue weighted by Crippen LogP contribution is -2.25. The number of rotatable bonds is 5. The van der Waals surface area contributed by atoms with Gasteiger partial charge in [-0.2, -0.15) is 0 Å². The van der Waals surface area contributed by atoms with Gasteiger partial charge in [-0.25, -0.2) is 4.98 Å². The molecule has 1 aliphatic rings. The van der Waals surface area contributed by atoms with Gasteiger partial charge in [0, 0.05) is 30.0 Å². The third-order valence-corrected chi connectivity index (χ3v) is 4.66. The second-order valence-corrected chi connectivity index (χ2v) is 6.34. The lowest BCUT2D eigenvalue weighted by atomic mass is 10.2. The fraction of sp³-hybridized carbons (Fsp3) is 0.143. The first kappa shape index (κ1) is 17.7. The van der Waals surface area contributed by atoms with Gasteiger partial charge < -0.3 is 25.1 Å². The summed E-state index contributed by atoms with van der Waals surface area (Å²) in [7, 11) is 3.15. The molecular formula is C21H20N4O3. The molecule has 28 heavy (non-hydrogen) atoms. The van der Waals surface area contributed by atoms with E-state index in [2.05, 4.69) is 9.97 Å². The number of H-pyrrole nitrogens is 1. The second kappa shape index (κ2) is 7.11. The number of hydrogen-bond acceptors (Lipinski definition) is 6. The van der Waals surface area contributed by atoms with Gasteiger partial charge in [-0.15, -0.1) is 0 Å². The van der Waals surface area contributed by atoms with E-state index in [0.717, 1.165) is 11.3 Å². The molecule has 7 heteroatoms. The zero-order valence-electron chi connectivity index (χ0n) is 15.6. The number of Topliss-reactive ketones (excluding diaryl/α,β-unsaturated/α-hetero) is 1. The summed E-state index contributed by atoms with van der Waals surface area (Å²) in [5.74, 6) is 1.93. The van der Waals surface area contributed by atoms with Gasteiger partial charge in [-0.05, 0) is 0 Å². The molecule has 4 rings (SSSR count). The summed E-state index contributed by atoms with van der Waals surface area (Å²) in [4.78, 5) is 22.1. The van der Waals surface area contributed by atoms with E-state index in [9.17, 15) is 4.79 Å². The fourth-order valence-electron chi connectivity index (χ4n) is 3.22. The maximum absolute atomic E-state index is 12.7. The smallest absolute Gasteiger partial charge is 0.189 e. The molecule has 0 spiro atoms. The van der Waals surface area contributed by atoms with Crippen LogP contribution in [0.2, 0.25) is 0 Å². The first-order valence-electron chi connectivity index (χ1n) is 8.75. The number of ether oxygens (including phenoxy) is 2. The van der Waals surface area contributed by atoms with Gasteiger partial charge in [0.15, 0.2) is 5.78 Å². The predicted molar refractivity (Wildman–Crippen MR) is 107 cm³/mol. The lowest BCUT2D eigenvalue weighted by molar-refractivity contribution is -0.112. The van der Waals surface area contributed by atoms with Gasteiger partial charge in [0.05, 0.1) is 32.1 Å². The van der Waals surface area contributed by atoms with Crippen LogP contribution in [0.4, 0.5) is 5.69 Å². The van der Waals surface area contributed by atoms with E-state index in [1.807, 2.05) is 42.5 Å². The van der Waals surface area contributed by atoms with E-state index >= 15 is 0 Å². The minimum absolute atomic E-state index is 0.103. The van der Waals surface area contributed by atoms with E-state index in [1.54, 1.807) is 31.4 Å². The Labute approximate surface area is 162 Å². The number of carbonyl (C=O) groups excluding carboxylic acids is 1. The monoisotopic (exact) mass is 376 g/mol. The Balaban J connectivity index is 1.72. The average Bonchev–Trinajstić information content (AvgIpc) is 3.32. The Kier molecular flexibility index (Phi) is 4.49. The van der Waals surface area contributed by atoms with Crippen LogP contribution in [0.25, 0.3) is 16.8 Å². The van der Waals surface area contributed by atoms with Gasteiger partial charge >= 0.3 is 0 Å². The number of nitrogens with one attached hydrogen (secondary N) is 1. The highest BCUT2D eigenvalue weighted by Gasteiger charge is 2.32. The summed E-state index contributed by atoms with van der Waals surface area (Å²) in [5, 5.41) is 0. The molecule has 3 N–H and O–H groups in total. The molecule has 1 aliphatic heterocycles. The van der Waals surface area contributed by atoms with Crippen LogP contribution in [0, 0.1) is 0 Å². The van der Waals surface area contributed by atoms with Crippen LogP contribution in [0.5, 0.6) is 11.5 Å². The summed E-state index contributed by atoms with van der Waals surface area (Å²) in [6.07, 6.45) is 1.77. The van der Waals surface area contributed by atoms with Crippen LogP contribution in [0.15, 0.2) is 60.5 Å².